The average Bonchev–Trinajstić information content (AvgIpc) is 3.02. The van der Waals surface area contributed by atoms with Gasteiger partial charge in [0.15, 0.2) is 11.5 Å². The second kappa shape index (κ2) is 6.92. The largest absolute Gasteiger partial charge is 0.493 e. The Morgan fingerprint density at radius 3 is 2.50 bits per heavy atom. The van der Waals surface area contributed by atoms with E-state index in [1.807, 2.05) is 0 Å². The van der Waals surface area contributed by atoms with Crippen molar-refractivity contribution in [2.45, 2.75) is 0 Å². The maximum atomic E-state index is 12.7. The molecule has 0 aliphatic carbocycles. The molecule has 2 aliphatic rings. The molecule has 0 saturated carbocycles. The van der Waals surface area contributed by atoms with Crippen LogP contribution in [0.1, 0.15) is 5.56 Å². The summed E-state index contributed by atoms with van der Waals surface area (Å²) in [7, 11) is 3.08. The number of carbonyl (C=O) groups is 2. The lowest BCUT2D eigenvalue weighted by Gasteiger charge is -2.26. The van der Waals surface area contributed by atoms with E-state index < -0.39 is 5.97 Å². The highest BCUT2D eigenvalue weighted by Gasteiger charge is 2.35. The fourth-order valence-electron chi connectivity index (χ4n) is 2.80. The molecule has 0 aromatic heterocycles. The minimum absolute atomic E-state index is 0.0692. The van der Waals surface area contributed by atoms with Gasteiger partial charge in [-0.3, -0.25) is 4.79 Å². The molecule has 1 aromatic rings. The lowest BCUT2D eigenvalue weighted by atomic mass is 10.0. The van der Waals surface area contributed by atoms with Gasteiger partial charge < -0.3 is 23.8 Å². The summed E-state index contributed by atoms with van der Waals surface area (Å²) in [6, 6.07) is 5.26. The Bertz CT molecular complexity index is 690. The molecule has 0 spiro atoms. The van der Waals surface area contributed by atoms with Gasteiger partial charge in [0.25, 0.3) is 5.91 Å². The van der Waals surface area contributed by atoms with Gasteiger partial charge in [-0.05, 0) is 17.7 Å². The number of cyclic esters (lactones) is 1. The van der Waals surface area contributed by atoms with E-state index in [2.05, 4.69) is 0 Å². The van der Waals surface area contributed by atoms with Gasteiger partial charge in [0.1, 0.15) is 12.2 Å². The van der Waals surface area contributed by atoms with E-state index in [4.69, 9.17) is 18.9 Å². The van der Waals surface area contributed by atoms with Crippen LogP contribution in [0, 0.1) is 0 Å². The molecule has 7 heteroatoms. The normalized spacial score (nSPS) is 17.8. The monoisotopic (exact) mass is 333 g/mol. The van der Waals surface area contributed by atoms with Gasteiger partial charge in [-0.2, -0.15) is 0 Å². The van der Waals surface area contributed by atoms with Crippen molar-refractivity contribution < 1.29 is 28.5 Å². The number of esters is 1. The molecule has 2 heterocycles. The molecule has 128 valence electrons. The molecular formula is C17H19NO6. The van der Waals surface area contributed by atoms with E-state index in [-0.39, 0.29) is 18.1 Å². The molecule has 1 amide bonds. The third kappa shape index (κ3) is 2.94. The molecule has 7 nitrogen and oxygen atoms in total. The second-order valence-electron chi connectivity index (χ2n) is 5.40. The van der Waals surface area contributed by atoms with Crippen LogP contribution in [-0.4, -0.2) is 63.9 Å². The molecule has 0 unspecified atom stereocenters. The zero-order chi connectivity index (χ0) is 17.1. The summed E-state index contributed by atoms with van der Waals surface area (Å²) in [4.78, 5) is 26.4. The minimum Gasteiger partial charge on any atom is -0.493 e. The Morgan fingerprint density at radius 2 is 1.83 bits per heavy atom. The summed E-state index contributed by atoms with van der Waals surface area (Å²) in [6.07, 6.45) is 0. The summed E-state index contributed by atoms with van der Waals surface area (Å²) in [5.74, 6) is 0.204. The van der Waals surface area contributed by atoms with Crippen molar-refractivity contribution in [2.24, 2.45) is 0 Å². The summed E-state index contributed by atoms with van der Waals surface area (Å²) >= 11 is 0. The van der Waals surface area contributed by atoms with Crippen molar-refractivity contribution in [3.63, 3.8) is 0 Å². The van der Waals surface area contributed by atoms with Crippen LogP contribution in [-0.2, 0) is 19.1 Å². The highest BCUT2D eigenvalue weighted by atomic mass is 16.5. The van der Waals surface area contributed by atoms with Gasteiger partial charge in [0, 0.05) is 18.7 Å². The topological polar surface area (TPSA) is 74.3 Å². The molecule has 1 saturated heterocycles. The van der Waals surface area contributed by atoms with Gasteiger partial charge in [-0.15, -0.1) is 0 Å². The van der Waals surface area contributed by atoms with E-state index in [0.717, 1.165) is 0 Å². The number of benzene rings is 1. The molecular weight excluding hydrogens is 314 g/mol. The van der Waals surface area contributed by atoms with Crippen LogP contribution in [0.2, 0.25) is 0 Å². The Kier molecular flexibility index (Phi) is 4.71. The highest BCUT2D eigenvalue weighted by molar-refractivity contribution is 6.24. The van der Waals surface area contributed by atoms with Crippen molar-refractivity contribution in [3.8, 4) is 11.5 Å². The number of morpholine rings is 1. The van der Waals surface area contributed by atoms with Crippen molar-refractivity contribution in [1.82, 2.24) is 4.90 Å². The number of hydrogen-bond acceptors (Lipinski definition) is 6. The first-order valence-corrected chi connectivity index (χ1v) is 7.65. The van der Waals surface area contributed by atoms with Gasteiger partial charge in [0.2, 0.25) is 0 Å². The summed E-state index contributed by atoms with van der Waals surface area (Å²) < 4.78 is 20.9. The summed E-state index contributed by atoms with van der Waals surface area (Å²) in [5.41, 5.74) is 1.36. The number of carbonyl (C=O) groups excluding carboxylic acids is 2. The first-order chi connectivity index (χ1) is 11.7. The Balaban J connectivity index is 1.98. The molecule has 0 radical (unpaired) electrons. The van der Waals surface area contributed by atoms with Crippen LogP contribution < -0.4 is 9.47 Å². The molecule has 0 N–H and O–H groups in total. The summed E-state index contributed by atoms with van der Waals surface area (Å²) in [5, 5.41) is 0. The van der Waals surface area contributed by atoms with Gasteiger partial charge in [-0.25, -0.2) is 4.79 Å². The maximum absolute atomic E-state index is 12.7. The number of methoxy groups -OCH3 is 2. The van der Waals surface area contributed by atoms with E-state index in [0.29, 0.717) is 48.9 Å². The van der Waals surface area contributed by atoms with E-state index in [9.17, 15) is 9.59 Å². The van der Waals surface area contributed by atoms with Crippen molar-refractivity contribution in [3.05, 3.63) is 29.3 Å². The molecule has 0 atom stereocenters. The first-order valence-electron chi connectivity index (χ1n) is 7.65. The second-order valence-corrected chi connectivity index (χ2v) is 5.40. The van der Waals surface area contributed by atoms with E-state index in [1.54, 1.807) is 30.2 Å². The zero-order valence-electron chi connectivity index (χ0n) is 13.7. The standard InChI is InChI=1S/C17H19NO6/c1-21-13-4-3-11(9-14(13)22-2)12-10-24-17(20)15(12)16(19)18-5-7-23-8-6-18/h3-4,9H,5-8,10H2,1-2H3. The van der Waals surface area contributed by atoms with Gasteiger partial charge >= 0.3 is 5.97 Å². The number of amides is 1. The predicted octanol–water partition coefficient (Wildman–Crippen LogP) is 0.873. The van der Waals surface area contributed by atoms with E-state index in [1.165, 1.54) is 7.11 Å². The molecule has 1 aromatic carbocycles. The Morgan fingerprint density at radius 1 is 1.12 bits per heavy atom. The minimum atomic E-state index is -0.587. The average molecular weight is 333 g/mol. The predicted molar refractivity (Wildman–Crippen MR) is 84.8 cm³/mol. The van der Waals surface area contributed by atoms with Gasteiger partial charge in [0.05, 0.1) is 27.4 Å². The summed E-state index contributed by atoms with van der Waals surface area (Å²) in [6.45, 7) is 1.95. The Labute approximate surface area is 139 Å². The van der Waals surface area contributed by atoms with Crippen molar-refractivity contribution in [1.29, 1.82) is 0 Å². The smallest absolute Gasteiger partial charge is 0.344 e. The van der Waals surface area contributed by atoms with Crippen LogP contribution in [0.4, 0.5) is 0 Å². The number of ether oxygens (including phenoxy) is 4. The SMILES string of the molecule is COc1ccc(C2=C(C(=O)N3CCOCC3)C(=O)OC2)cc1OC. The fourth-order valence-corrected chi connectivity index (χ4v) is 2.80. The van der Waals surface area contributed by atoms with Crippen LogP contribution in [0.3, 0.4) is 0 Å². The fraction of sp³-hybridized carbons (Fsp3) is 0.412. The van der Waals surface area contributed by atoms with Crippen LogP contribution in [0.15, 0.2) is 23.8 Å². The van der Waals surface area contributed by atoms with Crippen LogP contribution in [0.25, 0.3) is 5.57 Å². The van der Waals surface area contributed by atoms with Crippen LogP contribution >= 0.6 is 0 Å². The lowest BCUT2D eigenvalue weighted by molar-refractivity contribution is -0.140. The zero-order valence-corrected chi connectivity index (χ0v) is 13.7. The van der Waals surface area contributed by atoms with Crippen molar-refractivity contribution >= 4 is 17.4 Å². The Hall–Kier alpha value is -2.54. The molecule has 0 bridgehead atoms. The number of nitrogens with zero attached hydrogens (tertiary/aromatic N) is 1. The lowest BCUT2D eigenvalue weighted by Crippen LogP contribution is -2.42. The van der Waals surface area contributed by atoms with Crippen molar-refractivity contribution in [2.75, 3.05) is 47.1 Å². The maximum Gasteiger partial charge on any atom is 0.344 e. The number of rotatable bonds is 4. The molecule has 24 heavy (non-hydrogen) atoms. The number of hydrogen-bond donors (Lipinski definition) is 0. The first kappa shape index (κ1) is 16.3. The van der Waals surface area contributed by atoms with E-state index >= 15 is 0 Å². The van der Waals surface area contributed by atoms with Gasteiger partial charge in [-0.1, -0.05) is 6.07 Å². The third-order valence-corrected chi connectivity index (χ3v) is 4.10. The molecule has 2 aliphatic heterocycles. The molecule has 3 rings (SSSR count). The highest BCUT2D eigenvalue weighted by Crippen LogP contribution is 2.34. The third-order valence-electron chi connectivity index (χ3n) is 4.10. The molecule has 1 fully saturated rings. The quantitative estimate of drug-likeness (QED) is 0.601. The van der Waals surface area contributed by atoms with Crippen LogP contribution in [0.5, 0.6) is 11.5 Å².